The summed E-state index contributed by atoms with van der Waals surface area (Å²) in [7, 11) is 0. The van der Waals surface area contributed by atoms with E-state index in [0.29, 0.717) is 24.5 Å². The first kappa shape index (κ1) is 22.0. The fourth-order valence-corrected chi connectivity index (χ4v) is 4.29. The SMILES string of the molecule is Cc1ccc(-n2nc(-c3ccc(F)cc3)cc2C(=O)N2CCN(Cc3ccccc3)CC2)cc1. The van der Waals surface area contributed by atoms with Crippen molar-refractivity contribution in [1.82, 2.24) is 19.6 Å². The molecule has 34 heavy (non-hydrogen) atoms. The normalized spacial score (nSPS) is 14.4. The van der Waals surface area contributed by atoms with Crippen LogP contribution in [0.3, 0.4) is 0 Å². The van der Waals surface area contributed by atoms with Gasteiger partial charge in [-0.2, -0.15) is 5.10 Å². The summed E-state index contributed by atoms with van der Waals surface area (Å²) >= 11 is 0. The molecule has 0 unspecified atom stereocenters. The number of hydrogen-bond acceptors (Lipinski definition) is 3. The average molecular weight is 455 g/mol. The number of nitrogens with zero attached hydrogens (tertiary/aromatic N) is 4. The number of carbonyl (C=O) groups is 1. The van der Waals surface area contributed by atoms with Crippen LogP contribution in [0.15, 0.2) is 84.9 Å². The maximum absolute atomic E-state index is 13.6. The molecule has 3 aromatic carbocycles. The van der Waals surface area contributed by atoms with Gasteiger partial charge >= 0.3 is 0 Å². The first-order valence-corrected chi connectivity index (χ1v) is 11.6. The van der Waals surface area contributed by atoms with Gasteiger partial charge in [-0.15, -0.1) is 0 Å². The van der Waals surface area contributed by atoms with Crippen molar-refractivity contribution in [3.63, 3.8) is 0 Å². The molecule has 0 bridgehead atoms. The Labute approximate surface area is 199 Å². The predicted octanol–water partition coefficient (Wildman–Crippen LogP) is 4.94. The highest BCUT2D eigenvalue weighted by Gasteiger charge is 2.26. The van der Waals surface area contributed by atoms with Crippen molar-refractivity contribution in [2.75, 3.05) is 26.2 Å². The zero-order valence-corrected chi connectivity index (χ0v) is 19.2. The second-order valence-electron chi connectivity index (χ2n) is 8.72. The molecule has 172 valence electrons. The Hall–Kier alpha value is -3.77. The van der Waals surface area contributed by atoms with E-state index in [2.05, 4.69) is 29.2 Å². The lowest BCUT2D eigenvalue weighted by Crippen LogP contribution is -2.48. The quantitative estimate of drug-likeness (QED) is 0.429. The van der Waals surface area contributed by atoms with Gasteiger partial charge in [0.25, 0.3) is 5.91 Å². The van der Waals surface area contributed by atoms with Gasteiger partial charge in [0.15, 0.2) is 0 Å². The Bertz CT molecular complexity index is 1260. The van der Waals surface area contributed by atoms with Crippen molar-refractivity contribution >= 4 is 5.91 Å². The smallest absolute Gasteiger partial charge is 0.272 e. The second-order valence-corrected chi connectivity index (χ2v) is 8.72. The largest absolute Gasteiger partial charge is 0.335 e. The maximum Gasteiger partial charge on any atom is 0.272 e. The Balaban J connectivity index is 1.39. The van der Waals surface area contributed by atoms with E-state index in [0.717, 1.165) is 36.4 Å². The monoisotopic (exact) mass is 454 g/mol. The van der Waals surface area contributed by atoms with Crippen molar-refractivity contribution in [3.8, 4) is 16.9 Å². The van der Waals surface area contributed by atoms with E-state index in [1.807, 2.05) is 48.2 Å². The number of hydrogen-bond donors (Lipinski definition) is 0. The Kier molecular flexibility index (Phi) is 6.23. The minimum atomic E-state index is -0.300. The van der Waals surface area contributed by atoms with Gasteiger partial charge in [-0.3, -0.25) is 9.69 Å². The molecule has 0 N–H and O–H groups in total. The molecule has 0 spiro atoms. The fourth-order valence-electron chi connectivity index (χ4n) is 4.29. The molecule has 6 heteroatoms. The molecule has 1 amide bonds. The Morgan fingerprint density at radius 2 is 1.56 bits per heavy atom. The van der Waals surface area contributed by atoms with Crippen molar-refractivity contribution in [3.05, 3.63) is 108 Å². The molecular formula is C28H27FN4O. The van der Waals surface area contributed by atoms with Crippen LogP contribution >= 0.6 is 0 Å². The molecule has 4 aromatic rings. The lowest BCUT2D eigenvalue weighted by molar-refractivity contribution is 0.0619. The molecular weight excluding hydrogens is 427 g/mol. The average Bonchev–Trinajstić information content (AvgIpc) is 3.31. The highest BCUT2D eigenvalue weighted by atomic mass is 19.1. The zero-order valence-electron chi connectivity index (χ0n) is 19.2. The zero-order chi connectivity index (χ0) is 23.5. The van der Waals surface area contributed by atoms with Crippen LogP contribution in [-0.2, 0) is 6.54 Å². The maximum atomic E-state index is 13.6. The molecule has 0 atom stereocenters. The van der Waals surface area contributed by atoms with Crippen LogP contribution in [0.5, 0.6) is 0 Å². The predicted molar refractivity (Wildman–Crippen MR) is 131 cm³/mol. The minimum Gasteiger partial charge on any atom is -0.335 e. The number of rotatable bonds is 5. The number of aryl methyl sites for hydroxylation is 1. The van der Waals surface area contributed by atoms with Gasteiger partial charge in [0.05, 0.1) is 11.4 Å². The fraction of sp³-hybridized carbons (Fsp3) is 0.214. The van der Waals surface area contributed by atoms with Gasteiger partial charge in [0.1, 0.15) is 11.5 Å². The van der Waals surface area contributed by atoms with Crippen molar-refractivity contribution in [2.45, 2.75) is 13.5 Å². The molecule has 1 aliphatic heterocycles. The number of piperazine rings is 1. The number of aromatic nitrogens is 2. The van der Waals surface area contributed by atoms with Gasteiger partial charge in [-0.1, -0.05) is 48.0 Å². The first-order valence-electron chi connectivity index (χ1n) is 11.6. The van der Waals surface area contributed by atoms with Crippen molar-refractivity contribution in [2.24, 2.45) is 0 Å². The topological polar surface area (TPSA) is 41.4 Å². The van der Waals surface area contributed by atoms with E-state index in [-0.39, 0.29) is 11.7 Å². The van der Waals surface area contributed by atoms with Gasteiger partial charge in [-0.25, -0.2) is 9.07 Å². The van der Waals surface area contributed by atoms with Crippen molar-refractivity contribution < 1.29 is 9.18 Å². The lowest BCUT2D eigenvalue weighted by Gasteiger charge is -2.34. The van der Waals surface area contributed by atoms with Crippen LogP contribution in [0.2, 0.25) is 0 Å². The molecule has 0 saturated carbocycles. The summed E-state index contributed by atoms with van der Waals surface area (Å²) in [5.41, 5.74) is 5.17. The van der Waals surface area contributed by atoms with Crippen LogP contribution in [-0.4, -0.2) is 51.7 Å². The third-order valence-electron chi connectivity index (χ3n) is 6.26. The van der Waals surface area contributed by atoms with E-state index in [1.165, 1.54) is 17.7 Å². The standard InChI is InChI=1S/C28H27FN4O/c1-21-7-13-25(14-8-21)33-27(19-26(30-33)23-9-11-24(29)12-10-23)28(34)32-17-15-31(16-18-32)20-22-5-3-2-4-6-22/h2-14,19H,15-18,20H2,1H3. The van der Waals surface area contributed by atoms with Crippen LogP contribution in [0, 0.1) is 12.7 Å². The molecule has 1 aliphatic rings. The molecule has 0 radical (unpaired) electrons. The van der Waals surface area contributed by atoms with Crippen LogP contribution in [0.4, 0.5) is 4.39 Å². The highest BCUT2D eigenvalue weighted by molar-refractivity contribution is 5.94. The van der Waals surface area contributed by atoms with Crippen LogP contribution in [0.1, 0.15) is 21.6 Å². The van der Waals surface area contributed by atoms with E-state index < -0.39 is 0 Å². The molecule has 0 aliphatic carbocycles. The summed E-state index contributed by atoms with van der Waals surface area (Å²) in [5.74, 6) is -0.341. The van der Waals surface area contributed by atoms with Gasteiger partial charge in [0.2, 0.25) is 0 Å². The highest BCUT2D eigenvalue weighted by Crippen LogP contribution is 2.24. The van der Waals surface area contributed by atoms with Gasteiger partial charge in [-0.05, 0) is 55.0 Å². The summed E-state index contributed by atoms with van der Waals surface area (Å²) in [6, 6.07) is 26.3. The number of benzene rings is 3. The molecule has 5 rings (SSSR count). The van der Waals surface area contributed by atoms with E-state index >= 15 is 0 Å². The molecule has 5 nitrogen and oxygen atoms in total. The number of carbonyl (C=O) groups excluding carboxylic acids is 1. The first-order chi connectivity index (χ1) is 16.6. The molecule has 2 heterocycles. The Morgan fingerprint density at radius 1 is 0.882 bits per heavy atom. The summed E-state index contributed by atoms with van der Waals surface area (Å²) in [6.07, 6.45) is 0. The summed E-state index contributed by atoms with van der Waals surface area (Å²) in [4.78, 5) is 17.9. The lowest BCUT2D eigenvalue weighted by atomic mass is 10.1. The third-order valence-corrected chi connectivity index (χ3v) is 6.26. The minimum absolute atomic E-state index is 0.0409. The van der Waals surface area contributed by atoms with Gasteiger partial charge < -0.3 is 4.90 Å². The number of halogens is 1. The van der Waals surface area contributed by atoms with E-state index in [9.17, 15) is 9.18 Å². The molecule has 1 saturated heterocycles. The summed E-state index contributed by atoms with van der Waals surface area (Å²) in [5, 5.41) is 4.73. The van der Waals surface area contributed by atoms with Crippen LogP contribution < -0.4 is 0 Å². The molecule has 1 fully saturated rings. The molecule has 1 aromatic heterocycles. The van der Waals surface area contributed by atoms with E-state index in [1.54, 1.807) is 16.8 Å². The summed E-state index contributed by atoms with van der Waals surface area (Å²) in [6.45, 7) is 5.89. The second kappa shape index (κ2) is 9.61. The Morgan fingerprint density at radius 3 is 2.24 bits per heavy atom. The summed E-state index contributed by atoms with van der Waals surface area (Å²) < 4.78 is 15.1. The van der Waals surface area contributed by atoms with Gasteiger partial charge in [0, 0.05) is 38.3 Å². The third kappa shape index (κ3) is 4.77. The van der Waals surface area contributed by atoms with Crippen LogP contribution in [0.25, 0.3) is 16.9 Å². The van der Waals surface area contributed by atoms with E-state index in [4.69, 9.17) is 5.10 Å². The van der Waals surface area contributed by atoms with Crippen molar-refractivity contribution in [1.29, 1.82) is 0 Å². The number of amides is 1.